The number of alkyl halides is 1. The first-order valence-electron chi connectivity index (χ1n) is 13.8. The van der Waals surface area contributed by atoms with E-state index in [1.165, 1.54) is 103 Å². The van der Waals surface area contributed by atoms with Crippen molar-refractivity contribution in [3.05, 3.63) is 23.8 Å². The molecule has 0 saturated heterocycles. The van der Waals surface area contributed by atoms with Crippen LogP contribution in [0.25, 0.3) is 0 Å². The lowest BCUT2D eigenvalue weighted by Crippen LogP contribution is -2.01. The number of ether oxygens (including phenoxy) is 2. The van der Waals surface area contributed by atoms with Crippen molar-refractivity contribution >= 4 is 11.6 Å². The highest BCUT2D eigenvalue weighted by Crippen LogP contribution is 2.25. The lowest BCUT2D eigenvalue weighted by molar-refractivity contribution is 0.289. The minimum absolute atomic E-state index is 0.490. The second-order valence-corrected chi connectivity index (χ2v) is 9.57. The van der Waals surface area contributed by atoms with Gasteiger partial charge in [0.2, 0.25) is 0 Å². The molecule has 0 aliphatic heterocycles. The maximum absolute atomic E-state index is 6.09. The van der Waals surface area contributed by atoms with Crippen LogP contribution in [0.1, 0.15) is 135 Å². The molecule has 3 heteroatoms. The molecule has 0 aliphatic carbocycles. The summed E-state index contributed by atoms with van der Waals surface area (Å²) in [7, 11) is 0. The Morgan fingerprint density at radius 1 is 0.500 bits per heavy atom. The van der Waals surface area contributed by atoms with E-state index in [0.717, 1.165) is 43.1 Å². The van der Waals surface area contributed by atoms with E-state index in [9.17, 15) is 0 Å². The summed E-state index contributed by atoms with van der Waals surface area (Å²) < 4.78 is 12.0. The molecule has 2 nitrogen and oxygen atoms in total. The number of halogens is 1. The van der Waals surface area contributed by atoms with Gasteiger partial charge in [-0.05, 0) is 30.5 Å². The molecule has 0 amide bonds. The highest BCUT2D eigenvalue weighted by molar-refractivity contribution is 6.17. The van der Waals surface area contributed by atoms with Crippen LogP contribution in [0.3, 0.4) is 0 Å². The molecule has 0 radical (unpaired) electrons. The molecule has 0 fully saturated rings. The average molecular weight is 467 g/mol. The number of benzene rings is 1. The molecule has 0 aromatic heterocycles. The molecule has 186 valence electrons. The van der Waals surface area contributed by atoms with Crippen molar-refractivity contribution in [2.45, 2.75) is 135 Å². The summed E-state index contributed by atoms with van der Waals surface area (Å²) in [6, 6.07) is 6.12. The Morgan fingerprint density at radius 3 is 1.19 bits per heavy atom. The Bertz CT molecular complexity index is 490. The zero-order chi connectivity index (χ0) is 23.1. The van der Waals surface area contributed by atoms with Gasteiger partial charge in [-0.1, -0.05) is 117 Å². The molecular formula is C29H51ClO2. The van der Waals surface area contributed by atoms with Gasteiger partial charge in [-0.2, -0.15) is 0 Å². The van der Waals surface area contributed by atoms with Crippen LogP contribution in [-0.2, 0) is 5.88 Å². The second kappa shape index (κ2) is 21.9. The van der Waals surface area contributed by atoms with E-state index in [0.29, 0.717) is 5.88 Å². The summed E-state index contributed by atoms with van der Waals surface area (Å²) in [6.45, 7) is 6.10. The minimum atomic E-state index is 0.490. The monoisotopic (exact) mass is 466 g/mol. The fraction of sp³-hybridized carbons (Fsp3) is 0.793. The topological polar surface area (TPSA) is 18.5 Å². The molecule has 32 heavy (non-hydrogen) atoms. The Morgan fingerprint density at radius 2 is 0.844 bits per heavy atom. The maximum Gasteiger partial charge on any atom is 0.123 e. The number of rotatable bonds is 23. The average Bonchev–Trinajstić information content (AvgIpc) is 2.81. The molecular weight excluding hydrogens is 416 g/mol. The van der Waals surface area contributed by atoms with Crippen molar-refractivity contribution in [2.24, 2.45) is 0 Å². The molecule has 0 N–H and O–H groups in total. The second-order valence-electron chi connectivity index (χ2n) is 9.30. The number of hydrogen-bond acceptors (Lipinski definition) is 2. The Kier molecular flexibility index (Phi) is 20.0. The van der Waals surface area contributed by atoms with E-state index in [1.54, 1.807) is 0 Å². The van der Waals surface area contributed by atoms with E-state index in [1.807, 2.05) is 18.2 Å². The molecule has 0 saturated carbocycles. The molecule has 0 bridgehead atoms. The van der Waals surface area contributed by atoms with Crippen LogP contribution in [0.4, 0.5) is 0 Å². The number of unbranched alkanes of at least 4 members (excludes halogenated alkanes) is 16. The Hall–Kier alpha value is -0.890. The number of hydrogen-bond donors (Lipinski definition) is 0. The molecule has 0 aliphatic rings. The smallest absolute Gasteiger partial charge is 0.123 e. The van der Waals surface area contributed by atoms with E-state index >= 15 is 0 Å². The third kappa shape index (κ3) is 16.7. The largest absolute Gasteiger partial charge is 0.493 e. The predicted molar refractivity (Wildman–Crippen MR) is 141 cm³/mol. The van der Waals surface area contributed by atoms with Crippen molar-refractivity contribution < 1.29 is 9.47 Å². The highest BCUT2D eigenvalue weighted by Gasteiger charge is 2.04. The van der Waals surface area contributed by atoms with Crippen molar-refractivity contribution in [2.75, 3.05) is 13.2 Å². The summed E-state index contributed by atoms with van der Waals surface area (Å²) >= 11 is 6.09. The van der Waals surface area contributed by atoms with Gasteiger partial charge in [0, 0.05) is 11.9 Å². The quantitative estimate of drug-likeness (QED) is 0.118. The maximum atomic E-state index is 6.09. The molecule has 1 aromatic carbocycles. The van der Waals surface area contributed by atoms with Gasteiger partial charge < -0.3 is 9.47 Å². The molecule has 1 aromatic rings. The summed E-state index contributed by atoms with van der Waals surface area (Å²) in [5.41, 5.74) is 1.07. The van der Waals surface area contributed by atoms with Gasteiger partial charge >= 0.3 is 0 Å². The van der Waals surface area contributed by atoms with Gasteiger partial charge in [-0.15, -0.1) is 11.6 Å². The van der Waals surface area contributed by atoms with Crippen molar-refractivity contribution in [1.82, 2.24) is 0 Å². The van der Waals surface area contributed by atoms with E-state index in [4.69, 9.17) is 21.1 Å². The van der Waals surface area contributed by atoms with Crippen molar-refractivity contribution in [3.8, 4) is 11.5 Å². The fourth-order valence-corrected chi connectivity index (χ4v) is 4.23. The summed E-state index contributed by atoms with van der Waals surface area (Å²) in [4.78, 5) is 0. The third-order valence-corrected chi connectivity index (χ3v) is 6.44. The molecule has 0 heterocycles. The lowest BCUT2D eigenvalue weighted by Gasteiger charge is -2.12. The van der Waals surface area contributed by atoms with Crippen molar-refractivity contribution in [1.29, 1.82) is 0 Å². The van der Waals surface area contributed by atoms with Crippen LogP contribution in [0.2, 0.25) is 0 Å². The fourth-order valence-electron chi connectivity index (χ4n) is 4.08. The van der Waals surface area contributed by atoms with E-state index in [2.05, 4.69) is 13.8 Å². The molecule has 1 rings (SSSR count). The van der Waals surface area contributed by atoms with Crippen LogP contribution in [0, 0.1) is 0 Å². The van der Waals surface area contributed by atoms with Crippen LogP contribution < -0.4 is 9.47 Å². The first kappa shape index (κ1) is 29.1. The molecule has 0 atom stereocenters. The third-order valence-electron chi connectivity index (χ3n) is 6.13. The van der Waals surface area contributed by atoms with Crippen molar-refractivity contribution in [3.63, 3.8) is 0 Å². The van der Waals surface area contributed by atoms with E-state index < -0.39 is 0 Å². The van der Waals surface area contributed by atoms with Crippen LogP contribution >= 0.6 is 11.6 Å². The Labute approximate surface area is 204 Å². The zero-order valence-electron chi connectivity index (χ0n) is 21.3. The minimum Gasteiger partial charge on any atom is -0.493 e. The lowest BCUT2D eigenvalue weighted by atomic mass is 10.1. The van der Waals surface area contributed by atoms with Gasteiger partial charge in [-0.3, -0.25) is 0 Å². The molecule has 0 unspecified atom stereocenters. The van der Waals surface area contributed by atoms with Crippen LogP contribution in [0.5, 0.6) is 11.5 Å². The van der Waals surface area contributed by atoms with Gasteiger partial charge in [0.25, 0.3) is 0 Å². The summed E-state index contributed by atoms with van der Waals surface area (Å²) in [6.07, 6.45) is 23.9. The summed E-state index contributed by atoms with van der Waals surface area (Å²) in [5.74, 6) is 2.28. The Balaban J connectivity index is 2.13. The highest BCUT2D eigenvalue weighted by atomic mass is 35.5. The van der Waals surface area contributed by atoms with Gasteiger partial charge in [0.15, 0.2) is 0 Å². The first-order valence-corrected chi connectivity index (χ1v) is 14.3. The van der Waals surface area contributed by atoms with Gasteiger partial charge in [0.05, 0.1) is 13.2 Å². The molecule has 0 spiro atoms. The van der Waals surface area contributed by atoms with Crippen LogP contribution in [0.15, 0.2) is 18.2 Å². The predicted octanol–water partition coefficient (Wildman–Crippen LogP) is 10.2. The van der Waals surface area contributed by atoms with Crippen LogP contribution in [-0.4, -0.2) is 13.2 Å². The van der Waals surface area contributed by atoms with Gasteiger partial charge in [-0.25, -0.2) is 0 Å². The SMILES string of the molecule is CCCCCCCCCCCOc1cc(CCl)cc(OCCCCCCCCCCC)c1. The standard InChI is InChI=1S/C29H51ClO2/c1-3-5-7-9-11-13-15-17-19-21-31-28-23-27(26-30)24-29(25-28)32-22-20-18-16-14-12-10-8-6-4-2/h23-25H,3-22,26H2,1-2H3. The first-order chi connectivity index (χ1) is 15.8. The zero-order valence-corrected chi connectivity index (χ0v) is 22.0. The normalized spacial score (nSPS) is 11.1. The van der Waals surface area contributed by atoms with Gasteiger partial charge in [0.1, 0.15) is 11.5 Å². The van der Waals surface area contributed by atoms with E-state index in [-0.39, 0.29) is 0 Å². The summed E-state index contributed by atoms with van der Waals surface area (Å²) in [5, 5.41) is 0.